The van der Waals surface area contributed by atoms with Crippen molar-refractivity contribution in [2.24, 2.45) is 0 Å². The summed E-state index contributed by atoms with van der Waals surface area (Å²) in [6, 6.07) is 12.6. The maximum atomic E-state index is 12.8. The molecule has 8 nitrogen and oxygen atoms in total. The summed E-state index contributed by atoms with van der Waals surface area (Å²) in [7, 11) is 0. The van der Waals surface area contributed by atoms with Crippen LogP contribution in [0, 0.1) is 18.3 Å². The molecule has 2 aromatic heterocycles. The van der Waals surface area contributed by atoms with Crippen molar-refractivity contribution in [2.45, 2.75) is 13.0 Å². The number of halogens is 1. The number of pyridine rings is 1. The zero-order valence-electron chi connectivity index (χ0n) is 17.3. The lowest BCUT2D eigenvalue weighted by atomic mass is 10.1. The molecule has 32 heavy (non-hydrogen) atoms. The van der Waals surface area contributed by atoms with Crippen molar-refractivity contribution in [3.05, 3.63) is 52.8 Å². The van der Waals surface area contributed by atoms with E-state index in [4.69, 9.17) is 11.6 Å². The number of benzene rings is 1. The summed E-state index contributed by atoms with van der Waals surface area (Å²) >= 11 is 7.53. The number of anilines is 1. The molecule has 4 rings (SSSR count). The Labute approximate surface area is 194 Å². The molecule has 1 aliphatic heterocycles. The van der Waals surface area contributed by atoms with E-state index in [9.17, 15) is 15.2 Å². The molecule has 0 spiro atoms. The van der Waals surface area contributed by atoms with Crippen LogP contribution in [0.2, 0.25) is 5.15 Å². The number of thiazole rings is 1. The van der Waals surface area contributed by atoms with Crippen LogP contribution in [0.4, 0.5) is 9.93 Å². The third-order valence-electron chi connectivity index (χ3n) is 5.05. The average molecular weight is 469 g/mol. The van der Waals surface area contributed by atoms with E-state index in [1.807, 2.05) is 19.1 Å². The van der Waals surface area contributed by atoms with Gasteiger partial charge in [-0.15, -0.1) is 0 Å². The molecule has 3 aromatic rings. The number of urea groups is 1. The highest BCUT2D eigenvalue weighted by molar-refractivity contribution is 7.19. The molecule has 0 aliphatic carbocycles. The SMILES string of the molecule is Cc1cc(-c2sc(NC(=O)N3CCN[C@H](CO)C3)nc2-c2cccc(C#N)c2)cc(Cl)n1. The fraction of sp³-hybridized carbons (Fsp3) is 0.273. The van der Waals surface area contributed by atoms with E-state index in [0.717, 1.165) is 21.7 Å². The van der Waals surface area contributed by atoms with Crippen molar-refractivity contribution in [3.8, 4) is 27.8 Å². The molecule has 0 unspecified atom stereocenters. The van der Waals surface area contributed by atoms with Crippen LogP contribution in [0.1, 0.15) is 11.3 Å². The predicted octanol–water partition coefficient (Wildman–Crippen LogP) is 3.50. The van der Waals surface area contributed by atoms with Gasteiger partial charge in [0, 0.05) is 36.9 Å². The second kappa shape index (κ2) is 9.63. The third kappa shape index (κ3) is 4.89. The molecule has 2 amide bonds. The first kappa shape index (κ1) is 22.2. The van der Waals surface area contributed by atoms with Crippen LogP contribution < -0.4 is 10.6 Å². The first-order chi connectivity index (χ1) is 15.5. The molecule has 1 fully saturated rings. The van der Waals surface area contributed by atoms with E-state index in [1.165, 1.54) is 11.3 Å². The second-order valence-electron chi connectivity index (χ2n) is 7.42. The van der Waals surface area contributed by atoms with E-state index in [-0.39, 0.29) is 18.7 Å². The number of nitrogens with one attached hydrogen (secondary N) is 2. The van der Waals surface area contributed by atoms with Gasteiger partial charge in [0.25, 0.3) is 0 Å². The number of amides is 2. The Hall–Kier alpha value is -3.03. The highest BCUT2D eigenvalue weighted by Gasteiger charge is 2.24. The molecule has 164 valence electrons. The number of carbonyl (C=O) groups is 1. The van der Waals surface area contributed by atoms with Crippen LogP contribution in [-0.2, 0) is 0 Å². The Balaban J connectivity index is 1.70. The number of hydrogen-bond acceptors (Lipinski definition) is 7. The minimum absolute atomic E-state index is 0.0350. The molecule has 1 aromatic carbocycles. The van der Waals surface area contributed by atoms with Crippen LogP contribution >= 0.6 is 22.9 Å². The number of aryl methyl sites for hydroxylation is 1. The molecule has 1 aliphatic rings. The van der Waals surface area contributed by atoms with Crippen molar-refractivity contribution in [2.75, 3.05) is 31.6 Å². The van der Waals surface area contributed by atoms with Gasteiger partial charge in [0.2, 0.25) is 0 Å². The van der Waals surface area contributed by atoms with Gasteiger partial charge >= 0.3 is 6.03 Å². The summed E-state index contributed by atoms with van der Waals surface area (Å²) in [6.07, 6.45) is 0. The number of piperazine rings is 1. The summed E-state index contributed by atoms with van der Waals surface area (Å²) in [5.74, 6) is 0. The van der Waals surface area contributed by atoms with Crippen molar-refractivity contribution >= 4 is 34.1 Å². The van der Waals surface area contributed by atoms with Gasteiger partial charge < -0.3 is 15.3 Å². The van der Waals surface area contributed by atoms with Crippen molar-refractivity contribution in [1.82, 2.24) is 20.2 Å². The summed E-state index contributed by atoms with van der Waals surface area (Å²) in [6.45, 7) is 3.39. The van der Waals surface area contributed by atoms with Gasteiger partial charge in [-0.25, -0.2) is 14.8 Å². The molecule has 0 bridgehead atoms. The quantitative estimate of drug-likeness (QED) is 0.505. The maximum Gasteiger partial charge on any atom is 0.323 e. The Bertz CT molecular complexity index is 1170. The Morgan fingerprint density at radius 3 is 2.97 bits per heavy atom. The van der Waals surface area contributed by atoms with E-state index in [2.05, 4.69) is 26.7 Å². The summed E-state index contributed by atoms with van der Waals surface area (Å²) in [4.78, 5) is 24.2. The normalized spacial score (nSPS) is 15.9. The van der Waals surface area contributed by atoms with E-state index in [0.29, 0.717) is 41.2 Å². The predicted molar refractivity (Wildman–Crippen MR) is 125 cm³/mol. The molecule has 0 radical (unpaired) electrons. The van der Waals surface area contributed by atoms with Gasteiger partial charge in [-0.2, -0.15) is 5.26 Å². The molecule has 1 atom stereocenters. The number of carbonyl (C=O) groups excluding carboxylic acids is 1. The second-order valence-corrected chi connectivity index (χ2v) is 8.81. The molecule has 1 saturated heterocycles. The van der Waals surface area contributed by atoms with E-state index < -0.39 is 0 Å². The molecule has 3 N–H and O–H groups in total. The van der Waals surface area contributed by atoms with Crippen molar-refractivity contribution < 1.29 is 9.90 Å². The van der Waals surface area contributed by atoms with Gasteiger partial charge in [0.05, 0.1) is 28.8 Å². The topological polar surface area (TPSA) is 114 Å². The number of aliphatic hydroxyl groups is 1. The Morgan fingerprint density at radius 2 is 2.22 bits per heavy atom. The molecular weight excluding hydrogens is 448 g/mol. The van der Waals surface area contributed by atoms with Crippen LogP contribution in [0.15, 0.2) is 36.4 Å². The van der Waals surface area contributed by atoms with Gasteiger partial charge in [0.1, 0.15) is 5.15 Å². The third-order valence-corrected chi connectivity index (χ3v) is 6.27. The highest BCUT2D eigenvalue weighted by atomic mass is 35.5. The zero-order valence-corrected chi connectivity index (χ0v) is 18.9. The molecule has 3 heterocycles. The maximum absolute atomic E-state index is 12.8. The van der Waals surface area contributed by atoms with E-state index in [1.54, 1.807) is 29.2 Å². The smallest absolute Gasteiger partial charge is 0.323 e. The number of aliphatic hydroxyl groups excluding tert-OH is 1. The van der Waals surface area contributed by atoms with E-state index >= 15 is 0 Å². The van der Waals surface area contributed by atoms with Crippen LogP contribution in [0.5, 0.6) is 0 Å². The first-order valence-electron chi connectivity index (χ1n) is 10.0. The van der Waals surface area contributed by atoms with Crippen LogP contribution in [0.3, 0.4) is 0 Å². The minimum atomic E-state index is -0.272. The monoisotopic (exact) mass is 468 g/mol. The summed E-state index contributed by atoms with van der Waals surface area (Å²) in [5, 5.41) is 25.5. The van der Waals surface area contributed by atoms with Gasteiger partial charge in [-0.05, 0) is 36.8 Å². The average Bonchev–Trinajstić information content (AvgIpc) is 3.22. The number of nitriles is 1. The molecule has 0 saturated carbocycles. The minimum Gasteiger partial charge on any atom is -0.395 e. The lowest BCUT2D eigenvalue weighted by Crippen LogP contribution is -2.54. The van der Waals surface area contributed by atoms with Crippen LogP contribution in [0.25, 0.3) is 21.7 Å². The number of aromatic nitrogens is 2. The largest absolute Gasteiger partial charge is 0.395 e. The van der Waals surface area contributed by atoms with Crippen LogP contribution in [-0.4, -0.2) is 58.3 Å². The van der Waals surface area contributed by atoms with Gasteiger partial charge in [-0.1, -0.05) is 35.1 Å². The van der Waals surface area contributed by atoms with Gasteiger partial charge in [0.15, 0.2) is 5.13 Å². The Morgan fingerprint density at radius 1 is 1.38 bits per heavy atom. The number of nitrogens with zero attached hydrogens (tertiary/aromatic N) is 4. The zero-order chi connectivity index (χ0) is 22.7. The highest BCUT2D eigenvalue weighted by Crippen LogP contribution is 2.40. The molecule has 10 heteroatoms. The van der Waals surface area contributed by atoms with Crippen molar-refractivity contribution in [3.63, 3.8) is 0 Å². The first-order valence-corrected chi connectivity index (χ1v) is 11.2. The van der Waals surface area contributed by atoms with Gasteiger partial charge in [-0.3, -0.25) is 5.32 Å². The number of rotatable bonds is 4. The lowest BCUT2D eigenvalue weighted by molar-refractivity contribution is 0.159. The van der Waals surface area contributed by atoms with Crippen molar-refractivity contribution in [1.29, 1.82) is 5.26 Å². The standard InChI is InChI=1S/C22H21ClN6O2S/c1-13-7-16(9-18(23)26-13)20-19(15-4-2-3-14(8-15)10-24)27-21(32-20)28-22(31)29-6-5-25-17(11-29)12-30/h2-4,7-9,17,25,30H,5-6,11-12H2,1H3,(H,27,28,31)/t17-/m0/s1. The Kier molecular flexibility index (Phi) is 6.67. The lowest BCUT2D eigenvalue weighted by Gasteiger charge is -2.32. The number of hydrogen-bond donors (Lipinski definition) is 3. The summed E-state index contributed by atoms with van der Waals surface area (Å²) in [5.41, 5.74) is 3.54. The fourth-order valence-electron chi connectivity index (χ4n) is 3.56. The fourth-order valence-corrected chi connectivity index (χ4v) is 4.78. The summed E-state index contributed by atoms with van der Waals surface area (Å²) < 4.78 is 0. The molecular formula is C22H21ClN6O2S.